The van der Waals surface area contributed by atoms with Crippen LogP contribution in [0.2, 0.25) is 0 Å². The fraction of sp³-hybridized carbons (Fsp3) is 0.500. The molecule has 1 fully saturated rings. The van der Waals surface area contributed by atoms with Crippen LogP contribution in [0.4, 0.5) is 0 Å². The van der Waals surface area contributed by atoms with Crippen LogP contribution in [0, 0.1) is 0 Å². The summed E-state index contributed by atoms with van der Waals surface area (Å²) in [4.78, 5) is 2.69. The lowest BCUT2D eigenvalue weighted by atomic mass is 10.0. The fourth-order valence-electron chi connectivity index (χ4n) is 2.64. The summed E-state index contributed by atoms with van der Waals surface area (Å²) in [6.07, 6.45) is 0.329. The first-order chi connectivity index (χ1) is 8.97. The van der Waals surface area contributed by atoms with Crippen molar-refractivity contribution in [3.05, 3.63) is 29.8 Å². The summed E-state index contributed by atoms with van der Waals surface area (Å²) in [6.45, 7) is 5.70. The number of phenolic OH excluding ortho intramolecular Hbond substituents is 1. The van der Waals surface area contributed by atoms with E-state index in [0.29, 0.717) is 4.99 Å². The Bertz CT molecular complexity index is 439. The maximum atomic E-state index is 9.37. The lowest BCUT2D eigenvalue weighted by molar-refractivity contribution is -0.0736. The van der Waals surface area contributed by atoms with Gasteiger partial charge in [0, 0.05) is 13.1 Å². The number of rotatable bonds is 3. The van der Waals surface area contributed by atoms with Gasteiger partial charge < -0.3 is 15.6 Å². The molecule has 0 bridgehead atoms. The number of nitrogens with two attached hydrogens (primary N) is 1. The Kier molecular flexibility index (Phi) is 4.39. The van der Waals surface area contributed by atoms with Crippen LogP contribution in [-0.4, -0.2) is 40.3 Å². The highest BCUT2D eigenvalue weighted by Crippen LogP contribution is 2.26. The summed E-state index contributed by atoms with van der Waals surface area (Å²) in [7, 11) is 0. The van der Waals surface area contributed by atoms with Crippen molar-refractivity contribution in [2.45, 2.75) is 32.1 Å². The summed E-state index contributed by atoms with van der Waals surface area (Å²) in [6, 6.07) is 6.94. The van der Waals surface area contributed by atoms with Crippen molar-refractivity contribution in [1.29, 1.82) is 0 Å². The lowest BCUT2D eigenvalue weighted by Crippen LogP contribution is -2.49. The first-order valence-electron chi connectivity index (χ1n) is 6.45. The average Bonchev–Trinajstić information content (AvgIpc) is 2.30. The van der Waals surface area contributed by atoms with Gasteiger partial charge >= 0.3 is 0 Å². The van der Waals surface area contributed by atoms with Crippen molar-refractivity contribution in [2.75, 3.05) is 13.1 Å². The Labute approximate surface area is 119 Å². The second-order valence-electron chi connectivity index (χ2n) is 5.11. The smallest absolute Gasteiger partial charge is 0.115 e. The zero-order valence-electron chi connectivity index (χ0n) is 11.2. The molecular weight excluding hydrogens is 260 g/mol. The van der Waals surface area contributed by atoms with E-state index >= 15 is 0 Å². The van der Waals surface area contributed by atoms with Gasteiger partial charge in [-0.05, 0) is 31.5 Å². The van der Waals surface area contributed by atoms with E-state index in [4.69, 9.17) is 22.7 Å². The van der Waals surface area contributed by atoms with Crippen LogP contribution in [-0.2, 0) is 4.74 Å². The van der Waals surface area contributed by atoms with Gasteiger partial charge in [0.2, 0.25) is 0 Å². The van der Waals surface area contributed by atoms with Crippen LogP contribution in [0.1, 0.15) is 25.5 Å². The summed E-state index contributed by atoms with van der Waals surface area (Å²) in [5.74, 6) is 0.245. The van der Waals surface area contributed by atoms with Gasteiger partial charge in [0.1, 0.15) is 5.75 Å². The minimum absolute atomic E-state index is 0.107. The van der Waals surface area contributed by atoms with Gasteiger partial charge in [0.05, 0.1) is 23.2 Å². The van der Waals surface area contributed by atoms with E-state index in [1.807, 2.05) is 12.1 Å². The van der Waals surface area contributed by atoms with Crippen molar-refractivity contribution < 1.29 is 9.84 Å². The van der Waals surface area contributed by atoms with Crippen LogP contribution in [0.5, 0.6) is 5.75 Å². The van der Waals surface area contributed by atoms with Crippen molar-refractivity contribution in [3.63, 3.8) is 0 Å². The van der Waals surface area contributed by atoms with Gasteiger partial charge in [-0.1, -0.05) is 24.4 Å². The quantitative estimate of drug-likeness (QED) is 0.827. The summed E-state index contributed by atoms with van der Waals surface area (Å²) < 4.78 is 5.74. The molecule has 0 amide bonds. The molecule has 1 heterocycles. The highest BCUT2D eigenvalue weighted by molar-refractivity contribution is 7.80. The Balaban J connectivity index is 2.24. The maximum Gasteiger partial charge on any atom is 0.115 e. The zero-order chi connectivity index (χ0) is 14.0. The lowest BCUT2D eigenvalue weighted by Gasteiger charge is -2.40. The number of thiocarbonyl (C=S) groups is 1. The zero-order valence-corrected chi connectivity index (χ0v) is 12.1. The van der Waals surface area contributed by atoms with E-state index in [1.165, 1.54) is 0 Å². The Hall–Kier alpha value is -1.17. The van der Waals surface area contributed by atoms with Crippen LogP contribution < -0.4 is 5.73 Å². The van der Waals surface area contributed by atoms with Gasteiger partial charge in [-0.15, -0.1) is 0 Å². The second-order valence-corrected chi connectivity index (χ2v) is 5.58. The maximum absolute atomic E-state index is 9.37. The molecule has 104 valence electrons. The van der Waals surface area contributed by atoms with Gasteiger partial charge in [0.15, 0.2) is 0 Å². The molecule has 19 heavy (non-hydrogen) atoms. The first-order valence-corrected chi connectivity index (χ1v) is 6.86. The van der Waals surface area contributed by atoms with Gasteiger partial charge in [-0.3, -0.25) is 4.90 Å². The van der Waals surface area contributed by atoms with E-state index in [9.17, 15) is 5.11 Å². The van der Waals surface area contributed by atoms with Crippen LogP contribution in [0.25, 0.3) is 0 Å². The summed E-state index contributed by atoms with van der Waals surface area (Å²) in [5.41, 5.74) is 6.92. The average molecular weight is 280 g/mol. The molecule has 3 atom stereocenters. The summed E-state index contributed by atoms with van der Waals surface area (Å²) in [5, 5.41) is 9.37. The number of phenols is 1. The molecule has 0 spiro atoms. The largest absolute Gasteiger partial charge is 0.508 e. The number of hydrogen-bond donors (Lipinski definition) is 2. The molecule has 1 saturated heterocycles. The van der Waals surface area contributed by atoms with Crippen molar-refractivity contribution >= 4 is 17.2 Å². The van der Waals surface area contributed by atoms with E-state index in [2.05, 4.69) is 18.7 Å². The monoisotopic (exact) mass is 280 g/mol. The number of benzene rings is 1. The molecule has 0 aliphatic carbocycles. The van der Waals surface area contributed by atoms with Crippen LogP contribution in [0.15, 0.2) is 24.3 Å². The van der Waals surface area contributed by atoms with Gasteiger partial charge in [-0.2, -0.15) is 0 Å². The highest BCUT2D eigenvalue weighted by Gasteiger charge is 2.30. The molecule has 0 saturated carbocycles. The predicted molar refractivity (Wildman–Crippen MR) is 79.2 cm³/mol. The SMILES string of the molecule is CC1CN(C(C(N)=S)c2ccc(O)cc2)CC(C)O1. The molecular formula is C14H20N2O2S. The summed E-state index contributed by atoms with van der Waals surface area (Å²) >= 11 is 5.22. The van der Waals surface area contributed by atoms with Gasteiger partial charge in [0.25, 0.3) is 0 Å². The van der Waals surface area contributed by atoms with Crippen molar-refractivity contribution in [2.24, 2.45) is 5.73 Å². The molecule has 4 nitrogen and oxygen atoms in total. The van der Waals surface area contributed by atoms with Crippen LogP contribution >= 0.6 is 12.2 Å². The fourth-order valence-corrected chi connectivity index (χ4v) is 2.93. The normalized spacial score (nSPS) is 26.0. The third-order valence-corrected chi connectivity index (χ3v) is 3.51. The molecule has 1 aromatic rings. The van der Waals surface area contributed by atoms with E-state index < -0.39 is 0 Å². The number of hydrogen-bond acceptors (Lipinski definition) is 4. The Morgan fingerprint density at radius 1 is 1.32 bits per heavy atom. The molecule has 1 aliphatic rings. The minimum Gasteiger partial charge on any atom is -0.508 e. The number of morpholine rings is 1. The van der Waals surface area contributed by atoms with E-state index in [1.54, 1.807) is 12.1 Å². The molecule has 1 aliphatic heterocycles. The molecule has 0 aromatic heterocycles. The third-order valence-electron chi connectivity index (χ3n) is 3.29. The molecule has 3 N–H and O–H groups in total. The molecule has 1 aromatic carbocycles. The highest BCUT2D eigenvalue weighted by atomic mass is 32.1. The van der Waals surface area contributed by atoms with E-state index in [-0.39, 0.29) is 24.0 Å². The van der Waals surface area contributed by atoms with E-state index in [0.717, 1.165) is 18.7 Å². The molecule has 2 rings (SSSR count). The second kappa shape index (κ2) is 5.86. The van der Waals surface area contributed by atoms with Crippen LogP contribution in [0.3, 0.4) is 0 Å². The number of nitrogens with zero attached hydrogens (tertiary/aromatic N) is 1. The molecule has 5 heteroatoms. The van der Waals surface area contributed by atoms with Crippen molar-refractivity contribution in [1.82, 2.24) is 4.90 Å². The topological polar surface area (TPSA) is 58.7 Å². The van der Waals surface area contributed by atoms with Gasteiger partial charge in [-0.25, -0.2) is 0 Å². The molecule has 0 radical (unpaired) electrons. The number of ether oxygens (including phenoxy) is 1. The Morgan fingerprint density at radius 2 is 1.84 bits per heavy atom. The third kappa shape index (κ3) is 3.43. The first kappa shape index (κ1) is 14.2. The molecule has 3 unspecified atom stereocenters. The van der Waals surface area contributed by atoms with Crippen molar-refractivity contribution in [3.8, 4) is 5.75 Å². The minimum atomic E-state index is -0.107. The standard InChI is InChI=1S/C14H20N2O2S/c1-9-7-16(8-10(2)18-9)13(14(15)19)11-3-5-12(17)6-4-11/h3-6,9-10,13,17H,7-8H2,1-2H3,(H2,15,19). The predicted octanol–water partition coefficient (Wildman–Crippen LogP) is 1.83. The Morgan fingerprint density at radius 3 is 2.32 bits per heavy atom. The number of aromatic hydroxyl groups is 1.